The van der Waals surface area contributed by atoms with Crippen LogP contribution in [0.1, 0.15) is 17.3 Å². The maximum Gasteiger partial charge on any atom is 0.342 e. The fraction of sp³-hybridized carbons (Fsp3) is 0.300. The number of rotatable bonds is 3. The largest absolute Gasteiger partial charge is 0.507 e. The Morgan fingerprint density at radius 2 is 2.20 bits per heavy atom. The second kappa shape index (κ2) is 4.54. The van der Waals surface area contributed by atoms with E-state index in [0.717, 1.165) is 0 Å². The lowest BCUT2D eigenvalue weighted by Crippen LogP contribution is -2.06. The number of anilines is 1. The molecule has 0 aliphatic rings. The Morgan fingerprint density at radius 3 is 2.73 bits per heavy atom. The zero-order chi connectivity index (χ0) is 11.4. The van der Waals surface area contributed by atoms with Gasteiger partial charge < -0.3 is 20.3 Å². The SMILES string of the molecule is CCOC(=O)c1cc(OC)c(N)cc1O. The highest BCUT2D eigenvalue weighted by atomic mass is 16.5. The number of nitrogen functional groups attached to an aromatic ring is 1. The number of methoxy groups -OCH3 is 1. The molecule has 0 heterocycles. The number of ether oxygens (including phenoxy) is 2. The van der Waals surface area contributed by atoms with Crippen molar-refractivity contribution in [2.24, 2.45) is 0 Å². The van der Waals surface area contributed by atoms with Gasteiger partial charge in [0.05, 0.1) is 19.4 Å². The van der Waals surface area contributed by atoms with E-state index in [0.29, 0.717) is 5.75 Å². The van der Waals surface area contributed by atoms with Crippen LogP contribution in [0.5, 0.6) is 11.5 Å². The monoisotopic (exact) mass is 211 g/mol. The minimum atomic E-state index is -0.603. The number of benzene rings is 1. The lowest BCUT2D eigenvalue weighted by molar-refractivity contribution is 0.0522. The Bertz CT molecular complexity index is 376. The minimum Gasteiger partial charge on any atom is -0.507 e. The van der Waals surface area contributed by atoms with Crippen LogP contribution in [0.3, 0.4) is 0 Å². The van der Waals surface area contributed by atoms with Gasteiger partial charge in [-0.2, -0.15) is 0 Å². The van der Waals surface area contributed by atoms with Crippen molar-refractivity contribution in [2.75, 3.05) is 19.5 Å². The molecule has 0 aromatic heterocycles. The van der Waals surface area contributed by atoms with Crippen LogP contribution >= 0.6 is 0 Å². The topological polar surface area (TPSA) is 81.8 Å². The fourth-order valence-electron chi connectivity index (χ4n) is 1.13. The molecule has 15 heavy (non-hydrogen) atoms. The van der Waals surface area contributed by atoms with Crippen LogP contribution in [-0.2, 0) is 4.74 Å². The van der Waals surface area contributed by atoms with E-state index in [9.17, 15) is 9.90 Å². The van der Waals surface area contributed by atoms with Crippen molar-refractivity contribution >= 4 is 11.7 Å². The number of nitrogens with two attached hydrogens (primary N) is 1. The summed E-state index contributed by atoms with van der Waals surface area (Å²) in [6.07, 6.45) is 0. The van der Waals surface area contributed by atoms with E-state index in [1.54, 1.807) is 6.92 Å². The van der Waals surface area contributed by atoms with Crippen LogP contribution in [0.2, 0.25) is 0 Å². The van der Waals surface area contributed by atoms with Gasteiger partial charge in [-0.05, 0) is 6.92 Å². The summed E-state index contributed by atoms with van der Waals surface area (Å²) in [5.41, 5.74) is 5.85. The highest BCUT2D eigenvalue weighted by Crippen LogP contribution is 2.30. The number of hydrogen-bond donors (Lipinski definition) is 2. The van der Waals surface area contributed by atoms with Crippen molar-refractivity contribution in [3.63, 3.8) is 0 Å². The molecule has 5 nitrogen and oxygen atoms in total. The molecule has 0 radical (unpaired) electrons. The minimum absolute atomic E-state index is 0.0444. The molecule has 0 atom stereocenters. The molecule has 3 N–H and O–H groups in total. The number of carbonyl (C=O) groups excluding carboxylic acids is 1. The number of phenols is 1. The van der Waals surface area contributed by atoms with E-state index in [4.69, 9.17) is 15.2 Å². The average molecular weight is 211 g/mol. The predicted molar refractivity (Wildman–Crippen MR) is 55.0 cm³/mol. The van der Waals surface area contributed by atoms with Crippen molar-refractivity contribution in [3.05, 3.63) is 17.7 Å². The molecule has 0 aliphatic heterocycles. The van der Waals surface area contributed by atoms with E-state index >= 15 is 0 Å². The molecule has 0 fully saturated rings. The van der Waals surface area contributed by atoms with E-state index in [1.807, 2.05) is 0 Å². The third-order valence-corrected chi connectivity index (χ3v) is 1.84. The van der Waals surface area contributed by atoms with E-state index in [-0.39, 0.29) is 23.6 Å². The third kappa shape index (κ3) is 2.31. The first-order chi connectivity index (χ1) is 7.10. The Kier molecular flexibility index (Phi) is 3.38. The molecular formula is C10H13NO4. The Hall–Kier alpha value is -1.91. The zero-order valence-corrected chi connectivity index (χ0v) is 8.61. The van der Waals surface area contributed by atoms with E-state index in [1.165, 1.54) is 19.2 Å². The maximum atomic E-state index is 11.4. The lowest BCUT2D eigenvalue weighted by Gasteiger charge is -2.09. The van der Waals surface area contributed by atoms with Crippen LogP contribution in [0.15, 0.2) is 12.1 Å². The first-order valence-electron chi connectivity index (χ1n) is 4.43. The summed E-state index contributed by atoms with van der Waals surface area (Å²) in [6, 6.07) is 2.60. The molecule has 1 aromatic carbocycles. The molecule has 0 saturated carbocycles. The second-order valence-electron chi connectivity index (χ2n) is 2.83. The summed E-state index contributed by atoms with van der Waals surface area (Å²) in [7, 11) is 1.43. The highest BCUT2D eigenvalue weighted by molar-refractivity contribution is 5.93. The van der Waals surface area contributed by atoms with Gasteiger partial charge in [-0.15, -0.1) is 0 Å². The molecule has 1 rings (SSSR count). The molecule has 0 amide bonds. The van der Waals surface area contributed by atoms with Crippen molar-refractivity contribution in [2.45, 2.75) is 6.92 Å². The van der Waals surface area contributed by atoms with Gasteiger partial charge in [0.15, 0.2) is 0 Å². The van der Waals surface area contributed by atoms with Crippen LogP contribution < -0.4 is 10.5 Å². The zero-order valence-electron chi connectivity index (χ0n) is 8.61. The number of phenolic OH excluding ortho intramolecular Hbond substituents is 1. The molecular weight excluding hydrogens is 198 g/mol. The number of hydrogen-bond acceptors (Lipinski definition) is 5. The summed E-state index contributed by atoms with van der Waals surface area (Å²) in [6.45, 7) is 1.93. The lowest BCUT2D eigenvalue weighted by atomic mass is 10.1. The van der Waals surface area contributed by atoms with Crippen molar-refractivity contribution < 1.29 is 19.4 Å². The Balaban J connectivity index is 3.12. The molecule has 0 unspecified atom stereocenters. The summed E-state index contributed by atoms with van der Waals surface area (Å²) < 4.78 is 9.68. The number of carbonyl (C=O) groups is 1. The smallest absolute Gasteiger partial charge is 0.342 e. The molecule has 0 saturated heterocycles. The predicted octanol–water partition coefficient (Wildman–Crippen LogP) is 1.16. The Morgan fingerprint density at radius 1 is 1.53 bits per heavy atom. The van der Waals surface area contributed by atoms with Gasteiger partial charge in [0.2, 0.25) is 0 Å². The van der Waals surface area contributed by atoms with Crippen molar-refractivity contribution in [1.82, 2.24) is 0 Å². The normalized spacial score (nSPS) is 9.73. The quantitative estimate of drug-likeness (QED) is 0.579. The highest BCUT2D eigenvalue weighted by Gasteiger charge is 2.15. The molecule has 1 aromatic rings. The van der Waals surface area contributed by atoms with Gasteiger partial charge in [-0.25, -0.2) is 4.79 Å². The standard InChI is InChI=1S/C10H13NO4/c1-3-15-10(13)6-4-9(14-2)7(11)5-8(6)12/h4-5,12H,3,11H2,1-2H3. The van der Waals surface area contributed by atoms with Crippen LogP contribution in [-0.4, -0.2) is 24.8 Å². The number of esters is 1. The van der Waals surface area contributed by atoms with Gasteiger partial charge >= 0.3 is 5.97 Å². The maximum absolute atomic E-state index is 11.4. The van der Waals surface area contributed by atoms with Gasteiger partial charge in [0, 0.05) is 12.1 Å². The van der Waals surface area contributed by atoms with Gasteiger partial charge in [-0.3, -0.25) is 0 Å². The van der Waals surface area contributed by atoms with Gasteiger partial charge in [0.1, 0.15) is 17.1 Å². The van der Waals surface area contributed by atoms with Gasteiger partial charge in [0.25, 0.3) is 0 Å². The van der Waals surface area contributed by atoms with E-state index in [2.05, 4.69) is 0 Å². The molecule has 5 heteroatoms. The molecule has 0 spiro atoms. The number of aromatic hydroxyl groups is 1. The summed E-state index contributed by atoms with van der Waals surface area (Å²) in [5, 5.41) is 9.47. The van der Waals surface area contributed by atoms with Crippen molar-refractivity contribution in [1.29, 1.82) is 0 Å². The van der Waals surface area contributed by atoms with Gasteiger partial charge in [-0.1, -0.05) is 0 Å². The molecule has 0 aliphatic carbocycles. The van der Waals surface area contributed by atoms with Crippen LogP contribution in [0, 0.1) is 0 Å². The van der Waals surface area contributed by atoms with Crippen LogP contribution in [0.25, 0.3) is 0 Å². The molecule has 82 valence electrons. The van der Waals surface area contributed by atoms with E-state index < -0.39 is 5.97 Å². The Labute approximate surface area is 87.4 Å². The first-order valence-corrected chi connectivity index (χ1v) is 4.43. The fourth-order valence-corrected chi connectivity index (χ4v) is 1.13. The summed E-state index contributed by atoms with van der Waals surface area (Å²) in [5.74, 6) is -0.490. The third-order valence-electron chi connectivity index (χ3n) is 1.84. The average Bonchev–Trinajstić information content (AvgIpc) is 2.18. The summed E-state index contributed by atoms with van der Waals surface area (Å²) in [4.78, 5) is 11.4. The second-order valence-corrected chi connectivity index (χ2v) is 2.83. The van der Waals surface area contributed by atoms with Crippen molar-refractivity contribution in [3.8, 4) is 11.5 Å². The molecule has 0 bridgehead atoms. The first kappa shape index (κ1) is 11.2. The van der Waals surface area contributed by atoms with Crippen LogP contribution in [0.4, 0.5) is 5.69 Å². The summed E-state index contributed by atoms with van der Waals surface area (Å²) >= 11 is 0.